The molecule has 5 nitrogen and oxygen atoms in total. The highest BCUT2D eigenvalue weighted by atomic mass is 16.5. The van der Waals surface area contributed by atoms with Crippen molar-refractivity contribution < 1.29 is 14.2 Å². The number of benzene rings is 2. The van der Waals surface area contributed by atoms with Gasteiger partial charge in [0.2, 0.25) is 5.75 Å². The average molecular weight is 330 g/mol. The van der Waals surface area contributed by atoms with Crippen LogP contribution in [0.1, 0.15) is 11.1 Å². The number of nitrogens with zero attached hydrogens (tertiary/aromatic N) is 1. The fourth-order valence-corrected chi connectivity index (χ4v) is 2.77. The van der Waals surface area contributed by atoms with E-state index in [-0.39, 0.29) is 0 Å². The van der Waals surface area contributed by atoms with Gasteiger partial charge in [-0.25, -0.2) is 0 Å². The van der Waals surface area contributed by atoms with Crippen LogP contribution in [0.3, 0.4) is 0 Å². The van der Waals surface area contributed by atoms with Gasteiger partial charge in [-0.1, -0.05) is 36.4 Å². The molecule has 24 heavy (non-hydrogen) atoms. The van der Waals surface area contributed by atoms with Crippen LogP contribution in [-0.4, -0.2) is 39.3 Å². The molecule has 0 fully saturated rings. The van der Waals surface area contributed by atoms with E-state index in [1.165, 1.54) is 5.56 Å². The van der Waals surface area contributed by atoms with E-state index in [0.717, 1.165) is 25.2 Å². The third kappa shape index (κ3) is 4.40. The van der Waals surface area contributed by atoms with Crippen molar-refractivity contribution in [1.29, 1.82) is 0 Å². The Hall–Kier alpha value is -2.24. The summed E-state index contributed by atoms with van der Waals surface area (Å²) in [6.07, 6.45) is 0. The monoisotopic (exact) mass is 330 g/mol. The van der Waals surface area contributed by atoms with E-state index in [4.69, 9.17) is 19.9 Å². The Labute approximate surface area is 143 Å². The van der Waals surface area contributed by atoms with Gasteiger partial charge >= 0.3 is 0 Å². The lowest BCUT2D eigenvalue weighted by Gasteiger charge is -2.24. The van der Waals surface area contributed by atoms with Gasteiger partial charge in [-0.05, 0) is 11.6 Å². The van der Waals surface area contributed by atoms with Crippen molar-refractivity contribution in [3.05, 3.63) is 53.6 Å². The molecule has 0 saturated carbocycles. The van der Waals surface area contributed by atoms with Gasteiger partial charge in [0.05, 0.1) is 21.3 Å². The zero-order valence-corrected chi connectivity index (χ0v) is 14.6. The van der Waals surface area contributed by atoms with Gasteiger partial charge in [-0.15, -0.1) is 0 Å². The van der Waals surface area contributed by atoms with Crippen LogP contribution >= 0.6 is 0 Å². The first-order valence-electron chi connectivity index (χ1n) is 7.97. The molecule has 0 bridgehead atoms. The standard InChI is InChI=1S/C19H26N2O3/c1-22-17-10-9-16(18(23-2)19(17)24-3)14-21(12-11-20)13-15-7-5-4-6-8-15/h4-10H,11-14,20H2,1-3H3. The summed E-state index contributed by atoms with van der Waals surface area (Å²) in [6.45, 7) is 2.94. The van der Waals surface area contributed by atoms with E-state index in [1.807, 2.05) is 30.3 Å². The highest BCUT2D eigenvalue weighted by Gasteiger charge is 2.17. The summed E-state index contributed by atoms with van der Waals surface area (Å²) in [4.78, 5) is 2.29. The normalized spacial score (nSPS) is 10.7. The van der Waals surface area contributed by atoms with Crippen LogP contribution in [0.15, 0.2) is 42.5 Å². The Morgan fingerprint density at radius 2 is 1.54 bits per heavy atom. The fraction of sp³-hybridized carbons (Fsp3) is 0.368. The molecule has 0 radical (unpaired) electrons. The minimum absolute atomic E-state index is 0.600. The van der Waals surface area contributed by atoms with E-state index in [2.05, 4.69) is 17.0 Å². The lowest BCUT2D eigenvalue weighted by atomic mass is 10.1. The largest absolute Gasteiger partial charge is 0.493 e. The van der Waals surface area contributed by atoms with E-state index < -0.39 is 0 Å². The van der Waals surface area contributed by atoms with Crippen molar-refractivity contribution in [2.45, 2.75) is 13.1 Å². The molecule has 2 rings (SSSR count). The van der Waals surface area contributed by atoms with Crippen molar-refractivity contribution in [3.8, 4) is 17.2 Å². The molecule has 0 amide bonds. The zero-order chi connectivity index (χ0) is 17.4. The molecule has 2 aromatic carbocycles. The molecule has 0 aromatic heterocycles. The molecule has 0 aliphatic rings. The van der Waals surface area contributed by atoms with Crippen molar-refractivity contribution in [2.75, 3.05) is 34.4 Å². The van der Waals surface area contributed by atoms with Crippen molar-refractivity contribution >= 4 is 0 Å². The maximum Gasteiger partial charge on any atom is 0.203 e. The Balaban J connectivity index is 2.25. The Morgan fingerprint density at radius 1 is 0.833 bits per heavy atom. The fourth-order valence-electron chi connectivity index (χ4n) is 2.77. The minimum atomic E-state index is 0.600. The molecule has 0 spiro atoms. The molecular weight excluding hydrogens is 304 g/mol. The summed E-state index contributed by atoms with van der Waals surface area (Å²) in [5.74, 6) is 1.98. The number of hydrogen-bond acceptors (Lipinski definition) is 5. The summed E-state index contributed by atoms with van der Waals surface area (Å²) in [7, 11) is 4.88. The predicted octanol–water partition coefficient (Wildman–Crippen LogP) is 2.67. The van der Waals surface area contributed by atoms with E-state index in [0.29, 0.717) is 23.8 Å². The first-order valence-corrected chi connectivity index (χ1v) is 7.97. The summed E-state index contributed by atoms with van der Waals surface area (Å²) >= 11 is 0. The van der Waals surface area contributed by atoms with Crippen LogP contribution in [0, 0.1) is 0 Å². The number of nitrogens with two attached hydrogens (primary N) is 1. The van der Waals surface area contributed by atoms with E-state index in [1.54, 1.807) is 21.3 Å². The minimum Gasteiger partial charge on any atom is -0.493 e. The molecule has 0 unspecified atom stereocenters. The first kappa shape index (κ1) is 18.1. The Morgan fingerprint density at radius 3 is 2.12 bits per heavy atom. The van der Waals surface area contributed by atoms with E-state index in [9.17, 15) is 0 Å². The number of hydrogen-bond donors (Lipinski definition) is 1. The Kier molecular flexibility index (Phi) is 6.90. The van der Waals surface area contributed by atoms with Crippen molar-refractivity contribution in [1.82, 2.24) is 4.90 Å². The van der Waals surface area contributed by atoms with Crippen LogP contribution in [0.4, 0.5) is 0 Å². The Bertz CT molecular complexity index is 632. The molecule has 0 aliphatic heterocycles. The second kappa shape index (κ2) is 9.15. The SMILES string of the molecule is COc1ccc(CN(CCN)Cc2ccccc2)c(OC)c1OC. The molecule has 5 heteroatoms. The van der Waals surface area contributed by atoms with Gasteiger partial charge in [-0.2, -0.15) is 0 Å². The lowest BCUT2D eigenvalue weighted by Crippen LogP contribution is -2.29. The van der Waals surface area contributed by atoms with Gasteiger partial charge in [0.25, 0.3) is 0 Å². The quantitative estimate of drug-likeness (QED) is 0.766. The highest BCUT2D eigenvalue weighted by molar-refractivity contribution is 5.55. The third-order valence-corrected chi connectivity index (χ3v) is 3.87. The van der Waals surface area contributed by atoms with Crippen LogP contribution < -0.4 is 19.9 Å². The number of methoxy groups -OCH3 is 3. The van der Waals surface area contributed by atoms with Crippen molar-refractivity contribution in [3.63, 3.8) is 0 Å². The van der Waals surface area contributed by atoms with Crippen LogP contribution in [0.5, 0.6) is 17.2 Å². The molecule has 0 saturated heterocycles. The first-order chi connectivity index (χ1) is 11.7. The van der Waals surface area contributed by atoms with Crippen LogP contribution in [0.2, 0.25) is 0 Å². The maximum absolute atomic E-state index is 5.79. The lowest BCUT2D eigenvalue weighted by molar-refractivity contribution is 0.256. The molecular formula is C19H26N2O3. The molecule has 2 aromatic rings. The molecule has 2 N–H and O–H groups in total. The van der Waals surface area contributed by atoms with Crippen molar-refractivity contribution in [2.24, 2.45) is 5.73 Å². The summed E-state index contributed by atoms with van der Waals surface area (Å²) < 4.78 is 16.4. The van der Waals surface area contributed by atoms with E-state index >= 15 is 0 Å². The maximum atomic E-state index is 5.79. The molecule has 0 aliphatic carbocycles. The van der Waals surface area contributed by atoms with Gasteiger partial charge < -0.3 is 19.9 Å². The predicted molar refractivity (Wildman–Crippen MR) is 95.7 cm³/mol. The average Bonchev–Trinajstić information content (AvgIpc) is 2.62. The topological polar surface area (TPSA) is 57.0 Å². The smallest absolute Gasteiger partial charge is 0.203 e. The molecule has 0 atom stereocenters. The highest BCUT2D eigenvalue weighted by Crippen LogP contribution is 2.40. The van der Waals surface area contributed by atoms with Gasteiger partial charge in [0, 0.05) is 31.7 Å². The van der Waals surface area contributed by atoms with Gasteiger partial charge in [0.1, 0.15) is 0 Å². The third-order valence-electron chi connectivity index (χ3n) is 3.87. The summed E-state index contributed by atoms with van der Waals surface area (Å²) in [6, 6.07) is 14.3. The second-order valence-corrected chi connectivity index (χ2v) is 5.48. The molecule has 0 heterocycles. The summed E-state index contributed by atoms with van der Waals surface area (Å²) in [5, 5.41) is 0. The van der Waals surface area contributed by atoms with Gasteiger partial charge in [-0.3, -0.25) is 4.90 Å². The molecule has 130 valence electrons. The zero-order valence-electron chi connectivity index (χ0n) is 14.6. The van der Waals surface area contributed by atoms with Crippen LogP contribution in [0.25, 0.3) is 0 Å². The number of ether oxygens (including phenoxy) is 3. The van der Waals surface area contributed by atoms with Gasteiger partial charge in [0.15, 0.2) is 11.5 Å². The van der Waals surface area contributed by atoms with Crippen LogP contribution in [-0.2, 0) is 13.1 Å². The summed E-state index contributed by atoms with van der Waals surface area (Å²) in [5.41, 5.74) is 8.09. The second-order valence-electron chi connectivity index (χ2n) is 5.48. The number of rotatable bonds is 9.